The first-order valence-corrected chi connectivity index (χ1v) is 10.7. The minimum atomic E-state index is 0.0463. The third-order valence-electron chi connectivity index (χ3n) is 4.48. The summed E-state index contributed by atoms with van der Waals surface area (Å²) in [5.74, 6) is 1.57. The van der Waals surface area contributed by atoms with Crippen molar-refractivity contribution in [2.45, 2.75) is 5.22 Å². The van der Waals surface area contributed by atoms with Crippen LogP contribution in [0.15, 0.2) is 52.2 Å². The topological polar surface area (TPSA) is 75.4 Å². The highest BCUT2D eigenvalue weighted by Gasteiger charge is 2.22. The lowest BCUT2D eigenvalue weighted by molar-refractivity contribution is -0.128. The quantitative estimate of drug-likeness (QED) is 0.546. The van der Waals surface area contributed by atoms with E-state index in [4.69, 9.17) is 27.6 Å². The van der Waals surface area contributed by atoms with E-state index in [9.17, 15) is 4.79 Å². The summed E-state index contributed by atoms with van der Waals surface area (Å²) >= 11 is 13.0. The maximum Gasteiger partial charge on any atom is 0.277 e. The van der Waals surface area contributed by atoms with Crippen molar-refractivity contribution in [2.75, 3.05) is 36.8 Å². The molecular weight excluding hydrogens is 433 g/mol. The van der Waals surface area contributed by atoms with Crippen LogP contribution in [0.1, 0.15) is 0 Å². The van der Waals surface area contributed by atoms with Crippen molar-refractivity contribution >= 4 is 46.7 Å². The van der Waals surface area contributed by atoms with Crippen LogP contribution in [0.5, 0.6) is 0 Å². The molecule has 1 amide bonds. The molecule has 10 heteroatoms. The molecule has 0 atom stereocenters. The Morgan fingerprint density at radius 1 is 1.00 bits per heavy atom. The zero-order valence-corrected chi connectivity index (χ0v) is 17.6. The highest BCUT2D eigenvalue weighted by molar-refractivity contribution is 7.99. The van der Waals surface area contributed by atoms with E-state index in [1.165, 1.54) is 11.8 Å². The number of pyridine rings is 1. The van der Waals surface area contributed by atoms with Gasteiger partial charge in [-0.05, 0) is 36.4 Å². The molecule has 7 nitrogen and oxygen atoms in total. The van der Waals surface area contributed by atoms with Crippen LogP contribution < -0.4 is 4.90 Å². The summed E-state index contributed by atoms with van der Waals surface area (Å²) in [6.45, 7) is 2.74. The minimum absolute atomic E-state index is 0.0463. The number of carbonyl (C=O) groups is 1. The van der Waals surface area contributed by atoms with Crippen LogP contribution in [-0.2, 0) is 4.79 Å². The zero-order valence-electron chi connectivity index (χ0n) is 15.3. The largest absolute Gasteiger partial charge is 0.411 e. The number of carbonyl (C=O) groups excluding carboxylic acids is 1. The summed E-state index contributed by atoms with van der Waals surface area (Å²) in [4.78, 5) is 20.8. The Kier molecular flexibility index (Phi) is 6.22. The number of aromatic nitrogens is 3. The fraction of sp³-hybridized carbons (Fsp3) is 0.263. The fourth-order valence-corrected chi connectivity index (χ4v) is 3.84. The number of benzene rings is 1. The van der Waals surface area contributed by atoms with E-state index in [0.717, 1.165) is 24.5 Å². The monoisotopic (exact) mass is 449 g/mol. The van der Waals surface area contributed by atoms with Gasteiger partial charge in [-0.3, -0.25) is 4.79 Å². The summed E-state index contributed by atoms with van der Waals surface area (Å²) in [6.07, 6.45) is 1.63. The molecule has 4 rings (SSSR count). The molecule has 3 aromatic rings. The Morgan fingerprint density at radius 3 is 2.41 bits per heavy atom. The molecule has 1 aromatic carbocycles. The predicted molar refractivity (Wildman–Crippen MR) is 114 cm³/mol. The van der Waals surface area contributed by atoms with Gasteiger partial charge in [0.1, 0.15) is 5.82 Å². The molecule has 0 bridgehead atoms. The van der Waals surface area contributed by atoms with Gasteiger partial charge in [-0.15, -0.1) is 10.2 Å². The van der Waals surface area contributed by atoms with Gasteiger partial charge in [-0.25, -0.2) is 4.98 Å². The van der Waals surface area contributed by atoms with E-state index in [2.05, 4.69) is 20.1 Å². The smallest absolute Gasteiger partial charge is 0.277 e. The Balaban J connectivity index is 1.27. The van der Waals surface area contributed by atoms with Crippen molar-refractivity contribution < 1.29 is 9.21 Å². The van der Waals surface area contributed by atoms with E-state index in [1.54, 1.807) is 18.3 Å². The van der Waals surface area contributed by atoms with E-state index in [-0.39, 0.29) is 11.7 Å². The molecule has 1 aliphatic heterocycles. The third-order valence-corrected chi connectivity index (χ3v) is 5.76. The van der Waals surface area contributed by atoms with Crippen LogP contribution in [0.2, 0.25) is 10.0 Å². The van der Waals surface area contributed by atoms with Gasteiger partial charge in [0, 0.05) is 43.0 Å². The lowest BCUT2D eigenvalue weighted by Gasteiger charge is -2.35. The first-order valence-electron chi connectivity index (χ1n) is 8.95. The lowest BCUT2D eigenvalue weighted by Crippen LogP contribution is -2.49. The summed E-state index contributed by atoms with van der Waals surface area (Å²) in [6, 6.07) is 10.9. The normalized spacial score (nSPS) is 14.3. The number of nitrogens with zero attached hydrogens (tertiary/aromatic N) is 5. The van der Waals surface area contributed by atoms with Crippen molar-refractivity contribution in [3.8, 4) is 11.5 Å². The van der Waals surface area contributed by atoms with Crippen LogP contribution >= 0.6 is 35.0 Å². The van der Waals surface area contributed by atoms with Crippen LogP contribution in [0.3, 0.4) is 0 Å². The van der Waals surface area contributed by atoms with Crippen LogP contribution in [0.4, 0.5) is 5.82 Å². The van der Waals surface area contributed by atoms with Gasteiger partial charge >= 0.3 is 0 Å². The molecule has 0 N–H and O–H groups in total. The van der Waals surface area contributed by atoms with Crippen LogP contribution in [0.25, 0.3) is 11.5 Å². The van der Waals surface area contributed by atoms with Gasteiger partial charge in [0.2, 0.25) is 11.8 Å². The molecule has 1 fully saturated rings. The number of piperazine rings is 1. The van der Waals surface area contributed by atoms with E-state index >= 15 is 0 Å². The van der Waals surface area contributed by atoms with Gasteiger partial charge in [0.15, 0.2) is 0 Å². The van der Waals surface area contributed by atoms with Crippen LogP contribution in [-0.4, -0.2) is 57.9 Å². The first kappa shape index (κ1) is 20.0. The first-order chi connectivity index (χ1) is 14.1. The molecule has 0 spiro atoms. The van der Waals surface area contributed by atoms with Gasteiger partial charge < -0.3 is 14.2 Å². The maximum atomic E-state index is 12.5. The molecular formula is C19H17Cl2N5O2S. The Hall–Kier alpha value is -2.29. The van der Waals surface area contributed by atoms with Crippen molar-refractivity contribution in [3.05, 3.63) is 52.6 Å². The molecule has 0 aliphatic carbocycles. The zero-order chi connectivity index (χ0) is 20.2. The van der Waals surface area contributed by atoms with E-state index in [0.29, 0.717) is 34.2 Å². The second-order valence-corrected chi connectivity index (χ2v) is 8.17. The summed E-state index contributed by atoms with van der Waals surface area (Å²) in [5.41, 5.74) is 0.784. The average Bonchev–Trinajstić information content (AvgIpc) is 3.22. The number of rotatable bonds is 5. The molecule has 0 saturated carbocycles. The summed E-state index contributed by atoms with van der Waals surface area (Å²) in [5, 5.41) is 9.65. The number of halogens is 2. The van der Waals surface area contributed by atoms with Crippen molar-refractivity contribution in [2.24, 2.45) is 0 Å². The number of thioether (sulfide) groups is 1. The average molecular weight is 450 g/mol. The number of hydrogen-bond donors (Lipinski definition) is 0. The molecule has 3 heterocycles. The van der Waals surface area contributed by atoms with Crippen molar-refractivity contribution in [1.29, 1.82) is 0 Å². The van der Waals surface area contributed by atoms with E-state index in [1.807, 2.05) is 29.2 Å². The SMILES string of the molecule is O=C(CSc1nnc(-c2ccc(Cl)cc2)o1)N1CCN(c2ccc(Cl)cn2)CC1. The number of hydrogen-bond acceptors (Lipinski definition) is 7. The molecule has 0 radical (unpaired) electrons. The molecule has 1 saturated heterocycles. The minimum Gasteiger partial charge on any atom is -0.411 e. The van der Waals surface area contributed by atoms with E-state index < -0.39 is 0 Å². The van der Waals surface area contributed by atoms with Gasteiger partial charge in [-0.2, -0.15) is 0 Å². The molecule has 1 aliphatic rings. The van der Waals surface area contributed by atoms with Crippen molar-refractivity contribution in [1.82, 2.24) is 20.1 Å². The fourth-order valence-electron chi connectivity index (χ4n) is 2.93. The predicted octanol–water partition coefficient (Wildman–Crippen LogP) is 3.88. The highest BCUT2D eigenvalue weighted by atomic mass is 35.5. The second kappa shape index (κ2) is 9.02. The standard InChI is InChI=1S/C19H17Cl2N5O2S/c20-14-3-1-13(2-4-14)18-23-24-19(28-18)29-12-17(27)26-9-7-25(8-10-26)16-6-5-15(21)11-22-16/h1-6,11H,7-10,12H2. The van der Waals surface area contributed by atoms with Gasteiger partial charge in [-0.1, -0.05) is 35.0 Å². The summed E-state index contributed by atoms with van der Waals surface area (Å²) in [7, 11) is 0. The van der Waals surface area contributed by atoms with Crippen molar-refractivity contribution in [3.63, 3.8) is 0 Å². The Bertz CT molecular complexity index is 973. The highest BCUT2D eigenvalue weighted by Crippen LogP contribution is 2.25. The molecule has 2 aromatic heterocycles. The Morgan fingerprint density at radius 2 is 1.72 bits per heavy atom. The van der Waals surface area contributed by atoms with Gasteiger partial charge in [0.25, 0.3) is 5.22 Å². The number of anilines is 1. The number of amides is 1. The lowest BCUT2D eigenvalue weighted by atomic mass is 10.2. The van der Waals surface area contributed by atoms with Crippen LogP contribution in [0, 0.1) is 0 Å². The molecule has 29 heavy (non-hydrogen) atoms. The molecule has 0 unspecified atom stereocenters. The Labute approximate surface area is 182 Å². The second-order valence-electron chi connectivity index (χ2n) is 6.37. The van der Waals surface area contributed by atoms with Gasteiger partial charge in [0.05, 0.1) is 10.8 Å². The third kappa shape index (κ3) is 5.01. The summed E-state index contributed by atoms with van der Waals surface area (Å²) < 4.78 is 5.63. The molecule has 150 valence electrons. The maximum absolute atomic E-state index is 12.5.